The molecule has 1 heterocycles. The molecule has 1 N–H and O–H groups in total. The van der Waals surface area contributed by atoms with Crippen molar-refractivity contribution in [2.75, 3.05) is 26.3 Å². The summed E-state index contributed by atoms with van der Waals surface area (Å²) in [5.74, 6) is 0. The summed E-state index contributed by atoms with van der Waals surface area (Å²) in [5, 5.41) is 9.19. The van der Waals surface area contributed by atoms with Gasteiger partial charge in [0.25, 0.3) is 0 Å². The molecule has 0 bridgehead atoms. The smallest absolute Gasteiger partial charge is 0.243 e. The number of sulfonamides is 1. The van der Waals surface area contributed by atoms with E-state index in [9.17, 15) is 13.5 Å². The Morgan fingerprint density at radius 2 is 2.00 bits per heavy atom. The van der Waals surface area contributed by atoms with Crippen molar-refractivity contribution >= 4 is 10.0 Å². The minimum absolute atomic E-state index is 0.154. The first-order chi connectivity index (χ1) is 8.55. The SMILES string of the molecule is Cc1ccc(S(=O)(=O)N2CCOCC2)cc1CO. The maximum absolute atomic E-state index is 12.4. The molecule has 0 radical (unpaired) electrons. The van der Waals surface area contributed by atoms with Gasteiger partial charge in [-0.05, 0) is 30.2 Å². The second-order valence-corrected chi connectivity index (χ2v) is 6.20. The summed E-state index contributed by atoms with van der Waals surface area (Å²) in [7, 11) is -3.47. The van der Waals surface area contributed by atoms with Crippen LogP contribution in [0.1, 0.15) is 11.1 Å². The van der Waals surface area contributed by atoms with Crippen molar-refractivity contribution in [1.29, 1.82) is 0 Å². The Hall–Kier alpha value is -0.950. The van der Waals surface area contributed by atoms with E-state index < -0.39 is 10.0 Å². The summed E-state index contributed by atoms with van der Waals surface area (Å²) in [5.41, 5.74) is 1.53. The zero-order chi connectivity index (χ0) is 13.2. The molecule has 100 valence electrons. The highest BCUT2D eigenvalue weighted by Gasteiger charge is 2.26. The number of aliphatic hydroxyl groups is 1. The third-order valence-corrected chi connectivity index (χ3v) is 4.99. The Kier molecular flexibility index (Phi) is 4.01. The molecule has 5 nitrogen and oxygen atoms in total. The van der Waals surface area contributed by atoms with Crippen LogP contribution in [0.15, 0.2) is 23.1 Å². The van der Waals surface area contributed by atoms with Gasteiger partial charge in [-0.15, -0.1) is 0 Å². The van der Waals surface area contributed by atoms with Gasteiger partial charge >= 0.3 is 0 Å². The molecular weight excluding hydrogens is 254 g/mol. The number of hydrogen-bond acceptors (Lipinski definition) is 4. The van der Waals surface area contributed by atoms with Gasteiger partial charge in [0.05, 0.1) is 24.7 Å². The zero-order valence-electron chi connectivity index (χ0n) is 10.3. The molecule has 0 unspecified atom stereocenters. The summed E-state index contributed by atoms with van der Waals surface area (Å²) in [6, 6.07) is 4.85. The standard InChI is InChI=1S/C12H17NO4S/c1-10-2-3-12(8-11(10)9-14)18(15,16)13-4-6-17-7-5-13/h2-3,8,14H,4-7,9H2,1H3. The van der Waals surface area contributed by atoms with Gasteiger partial charge < -0.3 is 9.84 Å². The predicted octanol–water partition coefficient (Wildman–Crippen LogP) is 0.508. The highest BCUT2D eigenvalue weighted by molar-refractivity contribution is 7.89. The molecule has 0 saturated carbocycles. The maximum atomic E-state index is 12.4. The third kappa shape index (κ3) is 2.56. The highest BCUT2D eigenvalue weighted by atomic mass is 32.2. The number of aliphatic hydroxyl groups excluding tert-OH is 1. The lowest BCUT2D eigenvalue weighted by Crippen LogP contribution is -2.40. The van der Waals surface area contributed by atoms with Crippen LogP contribution in [0, 0.1) is 6.92 Å². The van der Waals surface area contributed by atoms with Crippen LogP contribution in [0.5, 0.6) is 0 Å². The first-order valence-corrected chi connectivity index (χ1v) is 7.28. The highest BCUT2D eigenvalue weighted by Crippen LogP contribution is 2.20. The van der Waals surface area contributed by atoms with Crippen LogP contribution in [0.2, 0.25) is 0 Å². The Morgan fingerprint density at radius 3 is 2.61 bits per heavy atom. The van der Waals surface area contributed by atoms with Crippen molar-refractivity contribution in [3.05, 3.63) is 29.3 Å². The van der Waals surface area contributed by atoms with Gasteiger partial charge in [-0.25, -0.2) is 8.42 Å². The normalized spacial score (nSPS) is 17.9. The van der Waals surface area contributed by atoms with Crippen LogP contribution in [-0.2, 0) is 21.4 Å². The van der Waals surface area contributed by atoms with E-state index in [2.05, 4.69) is 0 Å². The van der Waals surface area contributed by atoms with E-state index in [1.54, 1.807) is 18.2 Å². The maximum Gasteiger partial charge on any atom is 0.243 e. The van der Waals surface area contributed by atoms with E-state index in [0.717, 1.165) is 5.56 Å². The number of benzene rings is 1. The average Bonchev–Trinajstić information content (AvgIpc) is 2.40. The molecule has 1 saturated heterocycles. The Labute approximate surface area is 107 Å². The van der Waals surface area contributed by atoms with Crippen molar-refractivity contribution in [2.45, 2.75) is 18.4 Å². The fraction of sp³-hybridized carbons (Fsp3) is 0.500. The number of morpholine rings is 1. The average molecular weight is 271 g/mol. The van der Waals surface area contributed by atoms with E-state index in [4.69, 9.17) is 4.74 Å². The monoisotopic (exact) mass is 271 g/mol. The van der Waals surface area contributed by atoms with Gasteiger partial charge in [-0.2, -0.15) is 4.31 Å². The topological polar surface area (TPSA) is 66.8 Å². The molecule has 0 spiro atoms. The number of hydrogen-bond donors (Lipinski definition) is 1. The van der Waals surface area contributed by atoms with Crippen LogP contribution in [0.4, 0.5) is 0 Å². The quantitative estimate of drug-likeness (QED) is 0.870. The molecule has 0 aromatic heterocycles. The zero-order valence-corrected chi connectivity index (χ0v) is 11.1. The number of nitrogens with zero attached hydrogens (tertiary/aromatic N) is 1. The molecule has 0 amide bonds. The van der Waals surface area contributed by atoms with Gasteiger partial charge in [0.15, 0.2) is 0 Å². The van der Waals surface area contributed by atoms with Crippen molar-refractivity contribution in [3.63, 3.8) is 0 Å². The van der Waals surface area contributed by atoms with E-state index in [0.29, 0.717) is 31.9 Å². The minimum atomic E-state index is -3.47. The van der Waals surface area contributed by atoms with Crippen LogP contribution < -0.4 is 0 Å². The summed E-state index contributed by atoms with van der Waals surface area (Å²) in [4.78, 5) is 0.235. The van der Waals surface area contributed by atoms with E-state index in [1.165, 1.54) is 4.31 Å². The summed E-state index contributed by atoms with van der Waals surface area (Å²) >= 11 is 0. The lowest BCUT2D eigenvalue weighted by Gasteiger charge is -2.26. The van der Waals surface area contributed by atoms with Gasteiger partial charge in [0.1, 0.15) is 0 Å². The first kappa shape index (κ1) is 13.5. The van der Waals surface area contributed by atoms with Crippen molar-refractivity contribution in [3.8, 4) is 0 Å². The Morgan fingerprint density at radius 1 is 1.33 bits per heavy atom. The molecule has 18 heavy (non-hydrogen) atoms. The predicted molar refractivity (Wildman–Crippen MR) is 66.7 cm³/mol. The fourth-order valence-corrected chi connectivity index (χ4v) is 3.37. The molecule has 1 aliphatic rings. The second kappa shape index (κ2) is 5.36. The fourth-order valence-electron chi connectivity index (χ4n) is 1.91. The Balaban J connectivity index is 2.34. The molecule has 1 fully saturated rings. The summed E-state index contributed by atoms with van der Waals surface area (Å²) < 4.78 is 31.3. The summed E-state index contributed by atoms with van der Waals surface area (Å²) in [6.45, 7) is 3.31. The lowest BCUT2D eigenvalue weighted by atomic mass is 10.1. The lowest BCUT2D eigenvalue weighted by molar-refractivity contribution is 0.0730. The van der Waals surface area contributed by atoms with E-state index in [1.807, 2.05) is 6.92 Å². The van der Waals surface area contributed by atoms with Crippen LogP contribution in [0.3, 0.4) is 0 Å². The molecule has 0 atom stereocenters. The molecule has 2 rings (SSSR count). The third-order valence-electron chi connectivity index (χ3n) is 3.10. The van der Waals surface area contributed by atoms with Gasteiger partial charge in [0, 0.05) is 13.1 Å². The van der Waals surface area contributed by atoms with Crippen molar-refractivity contribution < 1.29 is 18.3 Å². The van der Waals surface area contributed by atoms with Crippen LogP contribution in [-0.4, -0.2) is 44.1 Å². The molecule has 6 heteroatoms. The van der Waals surface area contributed by atoms with Crippen molar-refractivity contribution in [1.82, 2.24) is 4.31 Å². The van der Waals surface area contributed by atoms with Crippen LogP contribution in [0.25, 0.3) is 0 Å². The largest absolute Gasteiger partial charge is 0.392 e. The van der Waals surface area contributed by atoms with Gasteiger partial charge in [-0.1, -0.05) is 6.07 Å². The molecule has 0 aliphatic carbocycles. The number of ether oxygens (including phenoxy) is 1. The Bertz CT molecular complexity index is 521. The second-order valence-electron chi connectivity index (χ2n) is 4.26. The number of rotatable bonds is 3. The molecule has 1 aliphatic heterocycles. The molecule has 1 aromatic carbocycles. The van der Waals surface area contributed by atoms with E-state index in [-0.39, 0.29) is 11.5 Å². The van der Waals surface area contributed by atoms with Gasteiger partial charge in [0.2, 0.25) is 10.0 Å². The molecule has 1 aromatic rings. The molecular formula is C12H17NO4S. The van der Waals surface area contributed by atoms with E-state index >= 15 is 0 Å². The van der Waals surface area contributed by atoms with Crippen molar-refractivity contribution in [2.24, 2.45) is 0 Å². The van der Waals surface area contributed by atoms with Gasteiger partial charge in [-0.3, -0.25) is 0 Å². The number of aryl methyl sites for hydroxylation is 1. The minimum Gasteiger partial charge on any atom is -0.392 e. The van der Waals surface area contributed by atoms with Crippen LogP contribution >= 0.6 is 0 Å². The summed E-state index contributed by atoms with van der Waals surface area (Å²) in [6.07, 6.45) is 0. The first-order valence-electron chi connectivity index (χ1n) is 5.84.